The van der Waals surface area contributed by atoms with Gasteiger partial charge in [0.15, 0.2) is 0 Å². The van der Waals surface area contributed by atoms with Gasteiger partial charge in [0.2, 0.25) is 16.9 Å². The maximum absolute atomic E-state index is 14.5. The van der Waals surface area contributed by atoms with E-state index in [9.17, 15) is 29.6 Å². The van der Waals surface area contributed by atoms with Crippen LogP contribution in [0.15, 0.2) is 66.7 Å². The topological polar surface area (TPSA) is 154 Å². The number of para-hydroxylation sites is 1. The van der Waals surface area contributed by atoms with Crippen molar-refractivity contribution in [3.63, 3.8) is 0 Å². The summed E-state index contributed by atoms with van der Waals surface area (Å²) in [6.45, 7) is 2.84. The number of hydrogen-bond acceptors (Lipinski definition) is 10. The van der Waals surface area contributed by atoms with Crippen molar-refractivity contribution < 1.29 is 38.6 Å². The number of phenolic OH excluding ortho intramolecular Hbond substituents is 1. The number of hydrogen-bond donors (Lipinski definition) is 2. The predicted molar refractivity (Wildman–Crippen MR) is 145 cm³/mol. The SMILES string of the molecule is CCOC(=O)C1(C(=O)OCC)N[C@H](c2cc([N+](=O)[O-])ccc2O)[C@]2(Oc3ccccc3C2=O)[C@@H]1c1cccc(Cl)c1. The van der Waals surface area contributed by atoms with Crippen molar-refractivity contribution in [3.8, 4) is 11.5 Å². The van der Waals surface area contributed by atoms with Crippen molar-refractivity contribution in [3.05, 3.63) is 98.6 Å². The normalized spacial score (nSPS) is 22.2. The Morgan fingerprint density at radius 3 is 2.34 bits per heavy atom. The standard InChI is InChI=1S/C29H25ClN2O9/c1-3-39-26(35)28(27(36)40-4-2)23(16-8-7-9-17(30)14-16)29(25(34)19-10-5-6-11-22(19)41-29)24(31-28)20-15-18(32(37)38)12-13-21(20)33/h5-15,23-24,31,33H,3-4H2,1-2H3/t23-,24-,29-/m1/s1. The number of aromatic hydroxyl groups is 1. The summed E-state index contributed by atoms with van der Waals surface area (Å²) in [7, 11) is 0. The van der Waals surface area contributed by atoms with Crippen molar-refractivity contribution >= 4 is 35.0 Å². The van der Waals surface area contributed by atoms with Gasteiger partial charge in [0, 0.05) is 22.7 Å². The molecule has 0 aromatic heterocycles. The van der Waals surface area contributed by atoms with Crippen molar-refractivity contribution in [1.29, 1.82) is 0 Å². The smallest absolute Gasteiger partial charge is 0.338 e. The highest BCUT2D eigenvalue weighted by molar-refractivity contribution is 6.30. The van der Waals surface area contributed by atoms with Crippen LogP contribution in [0.2, 0.25) is 5.02 Å². The van der Waals surface area contributed by atoms with Crippen LogP contribution in [0.3, 0.4) is 0 Å². The fourth-order valence-electron chi connectivity index (χ4n) is 5.77. The second-order valence-corrected chi connectivity index (χ2v) is 9.97. The average Bonchev–Trinajstić information content (AvgIpc) is 3.41. The maximum Gasteiger partial charge on any atom is 0.338 e. The second-order valence-electron chi connectivity index (χ2n) is 9.54. The number of fused-ring (bicyclic) bond motifs is 1. The first-order chi connectivity index (χ1) is 19.6. The lowest BCUT2D eigenvalue weighted by Crippen LogP contribution is -2.61. The van der Waals surface area contributed by atoms with Gasteiger partial charge in [-0.15, -0.1) is 0 Å². The van der Waals surface area contributed by atoms with Gasteiger partial charge in [0.05, 0.1) is 35.7 Å². The molecule has 1 spiro atoms. The Kier molecular flexibility index (Phi) is 7.18. The lowest BCUT2D eigenvalue weighted by Gasteiger charge is -2.37. The third kappa shape index (κ3) is 4.20. The van der Waals surface area contributed by atoms with Crippen LogP contribution in [0, 0.1) is 10.1 Å². The van der Waals surface area contributed by atoms with Crippen molar-refractivity contribution in [1.82, 2.24) is 5.32 Å². The van der Waals surface area contributed by atoms with Crippen molar-refractivity contribution in [2.24, 2.45) is 0 Å². The Morgan fingerprint density at radius 2 is 1.73 bits per heavy atom. The van der Waals surface area contributed by atoms with Crippen molar-refractivity contribution in [2.75, 3.05) is 13.2 Å². The summed E-state index contributed by atoms with van der Waals surface area (Å²) < 4.78 is 17.3. The van der Waals surface area contributed by atoms with E-state index in [4.69, 9.17) is 25.8 Å². The molecular formula is C29H25ClN2O9. The van der Waals surface area contributed by atoms with Crippen molar-refractivity contribution in [2.45, 2.75) is 36.9 Å². The van der Waals surface area contributed by atoms with E-state index in [1.165, 1.54) is 12.1 Å². The van der Waals surface area contributed by atoms with E-state index in [0.717, 1.165) is 18.2 Å². The minimum Gasteiger partial charge on any atom is -0.508 e. The van der Waals surface area contributed by atoms with Gasteiger partial charge in [-0.05, 0) is 49.7 Å². The van der Waals surface area contributed by atoms with E-state index in [-0.39, 0.29) is 40.7 Å². The summed E-state index contributed by atoms with van der Waals surface area (Å²) in [4.78, 5) is 53.5. The molecule has 0 aliphatic carbocycles. The van der Waals surface area contributed by atoms with E-state index >= 15 is 0 Å². The van der Waals surface area contributed by atoms with Crippen LogP contribution in [-0.4, -0.2) is 52.1 Å². The Hall–Kier alpha value is -4.48. The maximum atomic E-state index is 14.5. The van der Waals surface area contributed by atoms with Gasteiger partial charge in [-0.3, -0.25) is 20.2 Å². The molecule has 0 radical (unpaired) electrons. The van der Waals surface area contributed by atoms with Crippen LogP contribution >= 0.6 is 11.6 Å². The van der Waals surface area contributed by atoms with E-state index < -0.39 is 57.2 Å². The molecule has 2 aliphatic heterocycles. The van der Waals surface area contributed by atoms with Gasteiger partial charge in [0.1, 0.15) is 11.5 Å². The predicted octanol–water partition coefficient (Wildman–Crippen LogP) is 4.26. The minimum absolute atomic E-state index is 0.126. The first-order valence-corrected chi connectivity index (χ1v) is 13.2. The number of nitro groups is 1. The molecule has 2 heterocycles. The second kappa shape index (κ2) is 10.5. The summed E-state index contributed by atoms with van der Waals surface area (Å²) in [5.74, 6) is -4.52. The lowest BCUT2D eigenvalue weighted by molar-refractivity contribution is -0.385. The van der Waals surface area contributed by atoms with Crippen LogP contribution in [0.25, 0.3) is 0 Å². The number of non-ortho nitro benzene ring substituents is 1. The number of ether oxygens (including phenoxy) is 3. The third-order valence-corrected chi connectivity index (χ3v) is 7.57. The summed E-state index contributed by atoms with van der Waals surface area (Å²) in [5.41, 5.74) is -4.69. The number of halogens is 1. The average molecular weight is 581 g/mol. The molecule has 0 amide bonds. The number of ketones is 1. The molecule has 0 bridgehead atoms. The summed E-state index contributed by atoms with van der Waals surface area (Å²) in [6, 6.07) is 14.3. The number of nitrogens with one attached hydrogen (secondary N) is 1. The van der Waals surface area contributed by atoms with E-state index in [0.29, 0.717) is 0 Å². The highest BCUT2D eigenvalue weighted by Crippen LogP contribution is 2.60. The van der Waals surface area contributed by atoms with Crippen LogP contribution in [0.5, 0.6) is 11.5 Å². The molecule has 1 fully saturated rings. The zero-order valence-electron chi connectivity index (χ0n) is 22.0. The Labute approximate surface area is 239 Å². The molecular weight excluding hydrogens is 556 g/mol. The summed E-state index contributed by atoms with van der Waals surface area (Å²) >= 11 is 6.36. The Balaban J connectivity index is 1.90. The fraction of sp³-hybridized carbons (Fsp3) is 0.276. The first kappa shape index (κ1) is 28.1. The van der Waals surface area contributed by atoms with E-state index in [1.807, 2.05) is 0 Å². The zero-order valence-corrected chi connectivity index (χ0v) is 22.7. The quantitative estimate of drug-likeness (QED) is 0.179. The van der Waals surface area contributed by atoms with Crippen LogP contribution in [0.1, 0.15) is 47.3 Å². The highest BCUT2D eigenvalue weighted by atomic mass is 35.5. The minimum atomic E-state index is -2.41. The molecule has 5 rings (SSSR count). The fourth-order valence-corrected chi connectivity index (χ4v) is 5.97. The molecule has 3 aromatic carbocycles. The van der Waals surface area contributed by atoms with Gasteiger partial charge in [-0.25, -0.2) is 9.59 Å². The van der Waals surface area contributed by atoms with Gasteiger partial charge in [-0.2, -0.15) is 0 Å². The lowest BCUT2D eigenvalue weighted by atomic mass is 9.68. The van der Waals surface area contributed by atoms with Gasteiger partial charge in [-0.1, -0.05) is 35.9 Å². The van der Waals surface area contributed by atoms with Crippen LogP contribution < -0.4 is 10.1 Å². The number of phenols is 1. The Bertz CT molecular complexity index is 1560. The zero-order chi connectivity index (χ0) is 29.5. The van der Waals surface area contributed by atoms with Crippen LogP contribution in [0.4, 0.5) is 5.69 Å². The number of Topliss-reactive ketones (excluding diaryl/α,β-unsaturated/α-hetero) is 1. The molecule has 2 aliphatic rings. The number of nitro benzene ring substituents is 1. The molecule has 2 N–H and O–H groups in total. The Morgan fingerprint density at radius 1 is 1.05 bits per heavy atom. The van der Waals surface area contributed by atoms with Gasteiger partial charge in [0.25, 0.3) is 5.69 Å². The summed E-state index contributed by atoms with van der Waals surface area (Å²) in [5, 5.41) is 25.9. The largest absolute Gasteiger partial charge is 0.508 e. The number of rotatable bonds is 7. The molecule has 11 nitrogen and oxygen atoms in total. The number of carbonyl (C=O) groups excluding carboxylic acids is 3. The monoisotopic (exact) mass is 580 g/mol. The van der Waals surface area contributed by atoms with E-state index in [2.05, 4.69) is 5.32 Å². The molecule has 0 saturated carbocycles. The van der Waals surface area contributed by atoms with Crippen LogP contribution in [-0.2, 0) is 19.1 Å². The molecule has 212 valence electrons. The molecule has 0 unspecified atom stereocenters. The number of benzene rings is 3. The van der Waals surface area contributed by atoms with Gasteiger partial charge < -0.3 is 19.3 Å². The number of esters is 2. The molecule has 3 aromatic rings. The first-order valence-electron chi connectivity index (χ1n) is 12.8. The third-order valence-electron chi connectivity index (χ3n) is 7.34. The van der Waals surface area contributed by atoms with Gasteiger partial charge >= 0.3 is 11.9 Å². The molecule has 3 atom stereocenters. The molecule has 12 heteroatoms. The highest BCUT2D eigenvalue weighted by Gasteiger charge is 2.77. The summed E-state index contributed by atoms with van der Waals surface area (Å²) in [6.07, 6.45) is 0. The molecule has 41 heavy (non-hydrogen) atoms. The van der Waals surface area contributed by atoms with E-state index in [1.54, 1.807) is 50.2 Å². The molecule has 1 saturated heterocycles. The number of carbonyl (C=O) groups is 3. The number of nitrogens with zero attached hydrogens (tertiary/aromatic N) is 1.